The van der Waals surface area contributed by atoms with Gasteiger partial charge in [0.15, 0.2) is 5.96 Å². The Morgan fingerprint density at radius 3 is 2.74 bits per heavy atom. The zero-order valence-corrected chi connectivity index (χ0v) is 11.9. The topological polar surface area (TPSA) is 93.8 Å². The molecule has 1 aromatic rings. The SMILES string of the molecule is COc1ccccc1NC(N)=NCCCS(C)(=O)=O. The molecule has 0 unspecified atom stereocenters. The highest BCUT2D eigenvalue weighted by atomic mass is 32.2. The van der Waals surface area contributed by atoms with Crippen LogP contribution in [-0.4, -0.2) is 40.0 Å². The largest absolute Gasteiger partial charge is 0.495 e. The molecule has 0 heterocycles. The van der Waals surface area contributed by atoms with Crippen molar-refractivity contribution >= 4 is 21.5 Å². The van der Waals surface area contributed by atoms with Gasteiger partial charge in [-0.2, -0.15) is 0 Å². The van der Waals surface area contributed by atoms with Crippen LogP contribution in [0.2, 0.25) is 0 Å². The number of rotatable bonds is 6. The molecule has 0 aliphatic rings. The van der Waals surface area contributed by atoms with Crippen molar-refractivity contribution in [2.24, 2.45) is 10.7 Å². The quantitative estimate of drug-likeness (QED) is 0.459. The smallest absolute Gasteiger partial charge is 0.193 e. The van der Waals surface area contributed by atoms with Crippen molar-refractivity contribution < 1.29 is 13.2 Å². The van der Waals surface area contributed by atoms with E-state index in [1.807, 2.05) is 18.2 Å². The number of sulfone groups is 1. The van der Waals surface area contributed by atoms with Crippen LogP contribution in [0.5, 0.6) is 5.75 Å². The van der Waals surface area contributed by atoms with Crippen molar-refractivity contribution in [3.8, 4) is 5.75 Å². The number of para-hydroxylation sites is 2. The van der Waals surface area contributed by atoms with Gasteiger partial charge in [-0.25, -0.2) is 8.42 Å². The Labute approximate surface area is 113 Å². The van der Waals surface area contributed by atoms with Crippen LogP contribution in [0, 0.1) is 0 Å². The highest BCUT2D eigenvalue weighted by molar-refractivity contribution is 7.90. The number of hydrogen-bond acceptors (Lipinski definition) is 4. The summed E-state index contributed by atoms with van der Waals surface area (Å²) in [6, 6.07) is 7.32. The fourth-order valence-electron chi connectivity index (χ4n) is 1.45. The van der Waals surface area contributed by atoms with Crippen molar-refractivity contribution in [2.75, 3.05) is 31.0 Å². The molecule has 1 rings (SSSR count). The second kappa shape index (κ2) is 6.98. The van der Waals surface area contributed by atoms with Gasteiger partial charge in [0.25, 0.3) is 0 Å². The summed E-state index contributed by atoms with van der Waals surface area (Å²) in [7, 11) is -1.37. The van der Waals surface area contributed by atoms with Crippen LogP contribution in [0.15, 0.2) is 29.3 Å². The molecule has 0 aliphatic heterocycles. The number of nitrogens with two attached hydrogens (primary N) is 1. The Balaban J connectivity index is 2.52. The molecule has 0 bridgehead atoms. The Bertz CT molecular complexity index is 541. The summed E-state index contributed by atoms with van der Waals surface area (Å²) in [6.07, 6.45) is 1.65. The number of nitrogens with zero attached hydrogens (tertiary/aromatic N) is 1. The summed E-state index contributed by atoms with van der Waals surface area (Å²) in [5, 5.41) is 2.91. The Morgan fingerprint density at radius 2 is 2.11 bits per heavy atom. The maximum atomic E-state index is 10.9. The fraction of sp³-hybridized carbons (Fsp3) is 0.417. The molecular weight excluding hydrogens is 266 g/mol. The number of ether oxygens (including phenoxy) is 1. The van der Waals surface area contributed by atoms with E-state index in [9.17, 15) is 8.42 Å². The minimum absolute atomic E-state index is 0.110. The zero-order valence-electron chi connectivity index (χ0n) is 11.1. The van der Waals surface area contributed by atoms with E-state index in [-0.39, 0.29) is 11.7 Å². The van der Waals surface area contributed by atoms with E-state index in [4.69, 9.17) is 10.5 Å². The summed E-state index contributed by atoms with van der Waals surface area (Å²) in [4.78, 5) is 4.06. The maximum absolute atomic E-state index is 10.9. The summed E-state index contributed by atoms with van der Waals surface area (Å²) >= 11 is 0. The third kappa shape index (κ3) is 6.10. The number of guanidine groups is 1. The Morgan fingerprint density at radius 1 is 1.42 bits per heavy atom. The van der Waals surface area contributed by atoms with Gasteiger partial charge in [-0.3, -0.25) is 4.99 Å². The molecule has 0 saturated heterocycles. The van der Waals surface area contributed by atoms with Crippen LogP contribution in [0.25, 0.3) is 0 Å². The second-order valence-electron chi connectivity index (χ2n) is 4.08. The van der Waals surface area contributed by atoms with Gasteiger partial charge in [-0.1, -0.05) is 12.1 Å². The number of anilines is 1. The average molecular weight is 285 g/mol. The van der Waals surface area contributed by atoms with E-state index in [1.165, 1.54) is 6.26 Å². The standard InChI is InChI=1S/C12H19N3O3S/c1-18-11-7-4-3-6-10(11)15-12(13)14-8-5-9-19(2,16)17/h3-4,6-7H,5,8-9H2,1-2H3,(H3,13,14,15). The van der Waals surface area contributed by atoms with Gasteiger partial charge >= 0.3 is 0 Å². The summed E-state index contributed by atoms with van der Waals surface area (Å²) in [5.41, 5.74) is 6.43. The second-order valence-corrected chi connectivity index (χ2v) is 6.34. The van der Waals surface area contributed by atoms with E-state index in [2.05, 4.69) is 10.3 Å². The molecule has 0 spiro atoms. The van der Waals surface area contributed by atoms with Crippen LogP contribution in [0.4, 0.5) is 5.69 Å². The Hall–Kier alpha value is -1.76. The van der Waals surface area contributed by atoms with Crippen molar-refractivity contribution in [3.05, 3.63) is 24.3 Å². The average Bonchev–Trinajstić information content (AvgIpc) is 2.34. The van der Waals surface area contributed by atoms with Crippen LogP contribution in [-0.2, 0) is 9.84 Å². The first-order valence-corrected chi connectivity index (χ1v) is 7.86. The summed E-state index contributed by atoms with van der Waals surface area (Å²) in [6.45, 7) is 0.362. The third-order valence-corrected chi connectivity index (χ3v) is 3.36. The highest BCUT2D eigenvalue weighted by Gasteiger charge is 2.03. The van der Waals surface area contributed by atoms with Crippen LogP contribution in [0.1, 0.15) is 6.42 Å². The van der Waals surface area contributed by atoms with E-state index in [0.717, 1.165) is 5.69 Å². The minimum atomic E-state index is -2.94. The van der Waals surface area contributed by atoms with Gasteiger partial charge in [0, 0.05) is 12.8 Å². The minimum Gasteiger partial charge on any atom is -0.495 e. The fourth-order valence-corrected chi connectivity index (χ4v) is 2.11. The lowest BCUT2D eigenvalue weighted by Gasteiger charge is -2.09. The predicted octanol–water partition coefficient (Wildman–Crippen LogP) is 0.857. The van der Waals surface area contributed by atoms with Gasteiger partial charge in [0.2, 0.25) is 0 Å². The molecule has 0 aromatic heterocycles. The van der Waals surface area contributed by atoms with Crippen molar-refractivity contribution in [2.45, 2.75) is 6.42 Å². The molecular formula is C12H19N3O3S. The van der Waals surface area contributed by atoms with Crippen LogP contribution in [0.3, 0.4) is 0 Å². The van der Waals surface area contributed by atoms with Crippen molar-refractivity contribution in [3.63, 3.8) is 0 Å². The van der Waals surface area contributed by atoms with Gasteiger partial charge in [0.1, 0.15) is 15.6 Å². The van der Waals surface area contributed by atoms with Gasteiger partial charge < -0.3 is 15.8 Å². The van der Waals surface area contributed by atoms with E-state index < -0.39 is 9.84 Å². The summed E-state index contributed by atoms with van der Waals surface area (Å²) < 4.78 is 27.0. The van der Waals surface area contributed by atoms with E-state index in [1.54, 1.807) is 13.2 Å². The molecule has 0 radical (unpaired) electrons. The van der Waals surface area contributed by atoms with Gasteiger partial charge in [-0.15, -0.1) is 0 Å². The number of aliphatic imine (C=N–C) groups is 1. The number of hydrogen-bond donors (Lipinski definition) is 2. The van der Waals surface area contributed by atoms with Crippen molar-refractivity contribution in [1.82, 2.24) is 0 Å². The molecule has 19 heavy (non-hydrogen) atoms. The molecule has 0 fully saturated rings. The molecule has 0 saturated carbocycles. The molecule has 6 nitrogen and oxygen atoms in total. The molecule has 106 valence electrons. The highest BCUT2D eigenvalue weighted by Crippen LogP contribution is 2.22. The molecule has 1 aromatic carbocycles. The maximum Gasteiger partial charge on any atom is 0.193 e. The van der Waals surface area contributed by atoms with Crippen molar-refractivity contribution in [1.29, 1.82) is 0 Å². The first kappa shape index (κ1) is 15.3. The normalized spacial score (nSPS) is 12.2. The first-order valence-electron chi connectivity index (χ1n) is 5.80. The lowest BCUT2D eigenvalue weighted by Crippen LogP contribution is -2.23. The lowest BCUT2D eigenvalue weighted by atomic mass is 10.3. The molecule has 0 atom stereocenters. The number of benzene rings is 1. The molecule has 0 aliphatic carbocycles. The molecule has 7 heteroatoms. The van der Waals surface area contributed by atoms with E-state index >= 15 is 0 Å². The van der Waals surface area contributed by atoms with Crippen LogP contribution < -0.4 is 15.8 Å². The summed E-state index contributed by atoms with van der Waals surface area (Å²) in [5.74, 6) is 1.01. The number of nitrogens with one attached hydrogen (secondary N) is 1. The number of methoxy groups -OCH3 is 1. The van der Waals surface area contributed by atoms with Crippen LogP contribution >= 0.6 is 0 Å². The molecule has 0 amide bonds. The van der Waals surface area contributed by atoms with Gasteiger partial charge in [0.05, 0.1) is 18.6 Å². The zero-order chi connectivity index (χ0) is 14.3. The van der Waals surface area contributed by atoms with E-state index in [0.29, 0.717) is 18.7 Å². The predicted molar refractivity (Wildman–Crippen MR) is 77.4 cm³/mol. The first-order chi connectivity index (χ1) is 8.92. The molecule has 3 N–H and O–H groups in total. The Kier molecular flexibility index (Phi) is 5.62. The third-order valence-electron chi connectivity index (χ3n) is 2.33. The van der Waals surface area contributed by atoms with Gasteiger partial charge in [-0.05, 0) is 18.6 Å². The lowest BCUT2D eigenvalue weighted by molar-refractivity contribution is 0.417. The monoisotopic (exact) mass is 285 g/mol.